The van der Waals surface area contributed by atoms with Crippen molar-refractivity contribution in [2.75, 3.05) is 17.6 Å². The summed E-state index contributed by atoms with van der Waals surface area (Å²) in [6.07, 6.45) is 4.09. The first-order valence-corrected chi connectivity index (χ1v) is 11.6. The highest BCUT2D eigenvalue weighted by Crippen LogP contribution is 2.37. The summed E-state index contributed by atoms with van der Waals surface area (Å²) in [4.78, 5) is 16.7. The van der Waals surface area contributed by atoms with Crippen LogP contribution in [0.1, 0.15) is 25.3 Å². The molecule has 160 valence electrons. The lowest BCUT2D eigenvalue weighted by atomic mass is 10.0. The van der Waals surface area contributed by atoms with Gasteiger partial charge in [-0.25, -0.2) is 8.42 Å². The largest absolute Gasteiger partial charge is 0.468 e. The van der Waals surface area contributed by atoms with Crippen LogP contribution in [0.15, 0.2) is 29.2 Å². The molecular formula is C21H26N4O4S. The first-order chi connectivity index (χ1) is 14.2. The van der Waals surface area contributed by atoms with Crippen molar-refractivity contribution in [1.29, 1.82) is 0 Å². The van der Waals surface area contributed by atoms with Crippen LogP contribution in [0.25, 0.3) is 22.2 Å². The van der Waals surface area contributed by atoms with Crippen LogP contribution in [0.2, 0.25) is 0 Å². The Morgan fingerprint density at radius 3 is 2.57 bits per heavy atom. The third-order valence-electron chi connectivity index (χ3n) is 5.48. The van der Waals surface area contributed by atoms with E-state index < -0.39 is 10.0 Å². The molecule has 9 heteroatoms. The Hall–Kier alpha value is -2.81. The molecule has 3 aromatic rings. The van der Waals surface area contributed by atoms with Crippen molar-refractivity contribution in [3.8, 4) is 17.1 Å². The third kappa shape index (κ3) is 3.81. The number of aryl methyl sites for hydroxylation is 2. The Morgan fingerprint density at radius 2 is 1.97 bits per heavy atom. The third-order valence-corrected chi connectivity index (χ3v) is 6.77. The highest BCUT2D eigenvalue weighted by Gasteiger charge is 2.26. The van der Waals surface area contributed by atoms with E-state index in [1.165, 1.54) is 4.57 Å². The fraction of sp³-hybridized carbons (Fsp3) is 0.429. The van der Waals surface area contributed by atoms with Gasteiger partial charge in [0.15, 0.2) is 0 Å². The Balaban J connectivity index is 1.97. The molecule has 0 spiro atoms. The summed E-state index contributed by atoms with van der Waals surface area (Å²) in [5.41, 5.74) is 3.94. The molecule has 4 rings (SSSR count). The van der Waals surface area contributed by atoms with E-state index in [2.05, 4.69) is 9.71 Å². The van der Waals surface area contributed by atoms with E-state index in [-0.39, 0.29) is 11.3 Å². The number of imidazole rings is 1. The van der Waals surface area contributed by atoms with Gasteiger partial charge < -0.3 is 9.30 Å². The normalized spacial score (nSPS) is 14.3. The smallest absolute Gasteiger partial charge is 0.297 e. The van der Waals surface area contributed by atoms with Crippen LogP contribution in [0.4, 0.5) is 5.69 Å². The lowest BCUT2D eigenvalue weighted by molar-refractivity contribution is 0.356. The predicted octanol–water partition coefficient (Wildman–Crippen LogP) is 2.89. The Morgan fingerprint density at radius 1 is 1.23 bits per heavy atom. The van der Waals surface area contributed by atoms with E-state index in [9.17, 15) is 13.2 Å². The standard InChI is InChI=1S/C21H26N4O4S/c1-5-30(27,28)23-17-9-15(16-8-13(2)20(26)24(3)12-16)10-18-19(17)22-21(29-4)25(18)11-14-6-7-14/h8-10,12,14,23H,5-7,11H2,1-4H3. The summed E-state index contributed by atoms with van der Waals surface area (Å²) in [7, 11) is -0.228. The highest BCUT2D eigenvalue weighted by atomic mass is 32.2. The number of nitrogens with zero attached hydrogens (tertiary/aromatic N) is 3. The summed E-state index contributed by atoms with van der Waals surface area (Å²) >= 11 is 0. The van der Waals surface area contributed by atoms with E-state index in [0.29, 0.717) is 28.7 Å². The number of pyridine rings is 1. The molecule has 30 heavy (non-hydrogen) atoms. The minimum absolute atomic E-state index is 0.0441. The average Bonchev–Trinajstić information content (AvgIpc) is 3.46. The number of anilines is 1. The lowest BCUT2D eigenvalue weighted by Gasteiger charge is -2.12. The number of rotatable bonds is 7. The van der Waals surface area contributed by atoms with E-state index >= 15 is 0 Å². The first kappa shape index (κ1) is 20.5. The van der Waals surface area contributed by atoms with Crippen LogP contribution in [0.3, 0.4) is 0 Å². The number of sulfonamides is 1. The van der Waals surface area contributed by atoms with Crippen molar-refractivity contribution in [3.63, 3.8) is 0 Å². The molecule has 1 aliphatic carbocycles. The Labute approximate surface area is 175 Å². The van der Waals surface area contributed by atoms with Gasteiger partial charge in [-0.1, -0.05) is 0 Å². The van der Waals surface area contributed by atoms with E-state index in [4.69, 9.17) is 4.74 Å². The number of nitrogens with one attached hydrogen (secondary N) is 1. The highest BCUT2D eigenvalue weighted by molar-refractivity contribution is 7.92. The van der Waals surface area contributed by atoms with E-state index in [1.807, 2.05) is 16.7 Å². The van der Waals surface area contributed by atoms with Gasteiger partial charge in [-0.2, -0.15) is 4.98 Å². The number of aromatic nitrogens is 3. The molecule has 0 saturated heterocycles. The lowest BCUT2D eigenvalue weighted by Crippen LogP contribution is -2.18. The van der Waals surface area contributed by atoms with Gasteiger partial charge in [0.1, 0.15) is 5.52 Å². The number of hydrogen-bond acceptors (Lipinski definition) is 5. The molecule has 0 unspecified atom stereocenters. The van der Waals surface area contributed by atoms with Crippen molar-refractivity contribution >= 4 is 26.7 Å². The zero-order chi connectivity index (χ0) is 21.6. The minimum atomic E-state index is -3.50. The van der Waals surface area contributed by atoms with Gasteiger partial charge in [0.25, 0.3) is 11.6 Å². The van der Waals surface area contributed by atoms with E-state index in [0.717, 1.165) is 36.0 Å². The van der Waals surface area contributed by atoms with Gasteiger partial charge in [0.05, 0.1) is 24.1 Å². The van der Waals surface area contributed by atoms with Crippen molar-refractivity contribution in [2.45, 2.75) is 33.2 Å². The molecule has 0 atom stereocenters. The average molecular weight is 431 g/mol. The molecule has 1 N–H and O–H groups in total. The fourth-order valence-electron chi connectivity index (χ4n) is 3.61. The van der Waals surface area contributed by atoms with E-state index in [1.54, 1.807) is 40.3 Å². The maximum absolute atomic E-state index is 12.3. The summed E-state index contributed by atoms with van der Waals surface area (Å²) in [5.74, 6) is 0.535. The summed E-state index contributed by atoms with van der Waals surface area (Å²) in [6, 6.07) is 6.03. The van der Waals surface area contributed by atoms with Crippen LogP contribution in [-0.2, 0) is 23.6 Å². The molecule has 1 fully saturated rings. The van der Waals surface area contributed by atoms with Crippen LogP contribution in [-0.4, -0.2) is 35.4 Å². The summed E-state index contributed by atoms with van der Waals surface area (Å²) in [6.45, 7) is 4.13. The molecule has 2 heterocycles. The maximum atomic E-state index is 12.3. The molecule has 0 bridgehead atoms. The number of hydrogen-bond donors (Lipinski definition) is 1. The van der Waals surface area contributed by atoms with Crippen LogP contribution < -0.4 is 15.0 Å². The Bertz CT molecular complexity index is 1260. The molecule has 1 aliphatic rings. The van der Waals surface area contributed by atoms with Crippen molar-refractivity contribution in [2.24, 2.45) is 13.0 Å². The van der Waals surface area contributed by atoms with Crippen LogP contribution in [0, 0.1) is 12.8 Å². The second-order valence-electron chi connectivity index (χ2n) is 7.88. The van der Waals surface area contributed by atoms with Crippen molar-refractivity contribution in [3.05, 3.63) is 40.3 Å². The second-order valence-corrected chi connectivity index (χ2v) is 9.89. The molecule has 0 amide bonds. The number of fused-ring (bicyclic) bond motifs is 1. The summed E-state index contributed by atoms with van der Waals surface area (Å²) in [5, 5.41) is 0. The monoisotopic (exact) mass is 430 g/mol. The number of methoxy groups -OCH3 is 1. The molecule has 2 aromatic heterocycles. The topological polar surface area (TPSA) is 95.2 Å². The van der Waals surface area contributed by atoms with Gasteiger partial charge in [-0.15, -0.1) is 0 Å². The number of ether oxygens (including phenoxy) is 1. The molecule has 0 radical (unpaired) electrons. The zero-order valence-corrected chi connectivity index (χ0v) is 18.4. The SMILES string of the molecule is CCS(=O)(=O)Nc1cc(-c2cc(C)c(=O)n(C)c2)cc2c1nc(OC)n2CC1CC1. The molecular weight excluding hydrogens is 404 g/mol. The van der Waals surface area contributed by atoms with Crippen LogP contribution >= 0.6 is 0 Å². The van der Waals surface area contributed by atoms with Crippen molar-refractivity contribution < 1.29 is 13.2 Å². The first-order valence-electron chi connectivity index (χ1n) is 9.98. The molecule has 1 saturated carbocycles. The zero-order valence-electron chi connectivity index (χ0n) is 17.6. The van der Waals surface area contributed by atoms with Gasteiger partial charge >= 0.3 is 0 Å². The van der Waals surface area contributed by atoms with Crippen LogP contribution in [0.5, 0.6) is 6.01 Å². The fourth-order valence-corrected chi connectivity index (χ4v) is 4.25. The molecule has 8 nitrogen and oxygen atoms in total. The summed E-state index contributed by atoms with van der Waals surface area (Å²) < 4.78 is 36.4. The Kier molecular flexibility index (Phi) is 5.09. The quantitative estimate of drug-likeness (QED) is 0.622. The van der Waals surface area contributed by atoms with Gasteiger partial charge in [0, 0.05) is 25.4 Å². The van der Waals surface area contributed by atoms with Gasteiger partial charge in [0.2, 0.25) is 10.0 Å². The van der Waals surface area contributed by atoms with Gasteiger partial charge in [-0.3, -0.25) is 14.1 Å². The number of benzene rings is 1. The van der Waals surface area contributed by atoms with Gasteiger partial charge in [-0.05, 0) is 61.9 Å². The minimum Gasteiger partial charge on any atom is -0.468 e. The second kappa shape index (κ2) is 7.46. The van der Waals surface area contributed by atoms with Crippen molar-refractivity contribution in [1.82, 2.24) is 14.1 Å². The predicted molar refractivity (Wildman–Crippen MR) is 118 cm³/mol. The maximum Gasteiger partial charge on any atom is 0.297 e. The molecule has 1 aromatic carbocycles. The molecule has 0 aliphatic heterocycles.